The molecule has 0 spiro atoms. The van der Waals surface area contributed by atoms with E-state index < -0.39 is 11.6 Å². The van der Waals surface area contributed by atoms with Gasteiger partial charge in [-0.25, -0.2) is 14.6 Å². The standard InChI is InChI=1S/C20H25N3O4/c1-20(2,3)27-19(26)22-8-6-15-5-4-14(10-16(15)7-9-22)12-23-13-21-11-17(23)18(24)25/h4-5,10-11,13H,6-9,12H2,1-3H3,(H,24,25). The van der Waals surface area contributed by atoms with Crippen LogP contribution in [0.25, 0.3) is 0 Å². The normalized spacial score (nSPS) is 14.4. The fourth-order valence-electron chi connectivity index (χ4n) is 3.21. The molecule has 0 aliphatic carbocycles. The van der Waals surface area contributed by atoms with Crippen LogP contribution < -0.4 is 0 Å². The summed E-state index contributed by atoms with van der Waals surface area (Å²) in [6.45, 7) is 7.29. The Morgan fingerprint density at radius 1 is 1.19 bits per heavy atom. The molecule has 0 saturated carbocycles. The number of amides is 1. The van der Waals surface area contributed by atoms with Gasteiger partial charge in [0.05, 0.1) is 12.5 Å². The maximum atomic E-state index is 12.3. The third-order valence-electron chi connectivity index (χ3n) is 4.51. The number of ether oxygens (including phenoxy) is 1. The number of fused-ring (bicyclic) bond motifs is 1. The fourth-order valence-corrected chi connectivity index (χ4v) is 3.21. The number of hydrogen-bond donors (Lipinski definition) is 1. The molecule has 2 aromatic rings. The van der Waals surface area contributed by atoms with Crippen LogP contribution in [0.1, 0.15) is 48.0 Å². The van der Waals surface area contributed by atoms with E-state index in [1.807, 2.05) is 26.8 Å². The molecule has 0 fully saturated rings. The molecule has 1 amide bonds. The third-order valence-corrected chi connectivity index (χ3v) is 4.51. The highest BCUT2D eigenvalue weighted by molar-refractivity contribution is 5.85. The van der Waals surface area contributed by atoms with E-state index in [9.17, 15) is 14.7 Å². The minimum Gasteiger partial charge on any atom is -0.477 e. The van der Waals surface area contributed by atoms with Gasteiger partial charge in [-0.2, -0.15) is 0 Å². The molecule has 144 valence electrons. The number of imidazole rings is 1. The molecule has 0 unspecified atom stereocenters. The van der Waals surface area contributed by atoms with E-state index >= 15 is 0 Å². The van der Waals surface area contributed by atoms with Crippen LogP contribution in [0, 0.1) is 0 Å². The predicted octanol–water partition coefficient (Wildman–Crippen LogP) is 2.97. The SMILES string of the molecule is CC(C)(C)OC(=O)N1CCc2ccc(Cn3cncc3C(=O)O)cc2CC1. The van der Waals surface area contributed by atoms with E-state index in [0.29, 0.717) is 19.6 Å². The van der Waals surface area contributed by atoms with Gasteiger partial charge < -0.3 is 19.3 Å². The molecule has 1 N–H and O–H groups in total. The average molecular weight is 371 g/mol. The lowest BCUT2D eigenvalue weighted by Crippen LogP contribution is -2.38. The molecular weight excluding hydrogens is 346 g/mol. The van der Waals surface area contributed by atoms with Crippen LogP contribution in [0.5, 0.6) is 0 Å². The highest BCUT2D eigenvalue weighted by atomic mass is 16.6. The van der Waals surface area contributed by atoms with Crippen molar-refractivity contribution in [3.63, 3.8) is 0 Å². The summed E-state index contributed by atoms with van der Waals surface area (Å²) < 4.78 is 7.10. The fraction of sp³-hybridized carbons (Fsp3) is 0.450. The minimum absolute atomic E-state index is 0.168. The Morgan fingerprint density at radius 3 is 2.56 bits per heavy atom. The molecule has 2 heterocycles. The molecule has 7 nitrogen and oxygen atoms in total. The van der Waals surface area contributed by atoms with Crippen LogP contribution >= 0.6 is 0 Å². The minimum atomic E-state index is -0.990. The Kier molecular flexibility index (Phi) is 5.21. The van der Waals surface area contributed by atoms with Crippen molar-refractivity contribution in [3.8, 4) is 0 Å². The van der Waals surface area contributed by atoms with Crippen molar-refractivity contribution in [2.75, 3.05) is 13.1 Å². The number of benzene rings is 1. The van der Waals surface area contributed by atoms with Gasteiger partial charge in [0, 0.05) is 19.6 Å². The summed E-state index contributed by atoms with van der Waals surface area (Å²) in [4.78, 5) is 29.3. The zero-order valence-corrected chi connectivity index (χ0v) is 15.9. The van der Waals surface area contributed by atoms with Gasteiger partial charge in [0.2, 0.25) is 0 Å². The number of carboxylic acid groups (broad SMARTS) is 1. The van der Waals surface area contributed by atoms with Gasteiger partial charge >= 0.3 is 12.1 Å². The molecule has 27 heavy (non-hydrogen) atoms. The maximum Gasteiger partial charge on any atom is 0.410 e. The van der Waals surface area contributed by atoms with Crippen LogP contribution in [-0.2, 0) is 24.1 Å². The number of carbonyl (C=O) groups excluding carboxylic acids is 1. The molecule has 7 heteroatoms. The summed E-state index contributed by atoms with van der Waals surface area (Å²) >= 11 is 0. The lowest BCUT2D eigenvalue weighted by Gasteiger charge is -2.26. The largest absolute Gasteiger partial charge is 0.477 e. The van der Waals surface area contributed by atoms with Crippen molar-refractivity contribution in [2.45, 2.75) is 45.8 Å². The number of hydrogen-bond acceptors (Lipinski definition) is 4. The summed E-state index contributed by atoms with van der Waals surface area (Å²) in [6, 6.07) is 6.17. The van der Waals surface area contributed by atoms with Gasteiger partial charge in [0.1, 0.15) is 11.3 Å². The number of aromatic nitrogens is 2. The van der Waals surface area contributed by atoms with Crippen molar-refractivity contribution >= 4 is 12.1 Å². The number of aromatic carboxylic acids is 1. The maximum absolute atomic E-state index is 12.3. The van der Waals surface area contributed by atoms with Gasteiger partial charge in [0.15, 0.2) is 0 Å². The Bertz CT molecular complexity index is 851. The number of nitrogens with zero attached hydrogens (tertiary/aromatic N) is 3. The van der Waals surface area contributed by atoms with Crippen molar-refractivity contribution < 1.29 is 19.4 Å². The summed E-state index contributed by atoms with van der Waals surface area (Å²) in [5.74, 6) is -0.990. The van der Waals surface area contributed by atoms with E-state index in [0.717, 1.165) is 18.4 Å². The van der Waals surface area contributed by atoms with E-state index in [4.69, 9.17) is 4.74 Å². The summed E-state index contributed by atoms with van der Waals surface area (Å²) in [7, 11) is 0. The molecule has 3 rings (SSSR count). The summed E-state index contributed by atoms with van der Waals surface area (Å²) in [5, 5.41) is 9.21. The van der Waals surface area contributed by atoms with Gasteiger partial charge in [-0.3, -0.25) is 0 Å². The molecule has 1 aliphatic heterocycles. The Balaban J connectivity index is 1.71. The zero-order valence-electron chi connectivity index (χ0n) is 15.9. The van der Waals surface area contributed by atoms with Gasteiger partial charge in [0.25, 0.3) is 0 Å². The smallest absolute Gasteiger partial charge is 0.410 e. The molecule has 0 bridgehead atoms. The van der Waals surface area contributed by atoms with E-state index in [1.165, 1.54) is 23.7 Å². The molecule has 1 aromatic heterocycles. The molecule has 1 aromatic carbocycles. The topological polar surface area (TPSA) is 84.7 Å². The molecule has 0 radical (unpaired) electrons. The van der Waals surface area contributed by atoms with Crippen LogP contribution in [0.2, 0.25) is 0 Å². The quantitative estimate of drug-likeness (QED) is 0.897. The first-order valence-corrected chi connectivity index (χ1v) is 9.05. The highest BCUT2D eigenvalue weighted by Gasteiger charge is 2.24. The zero-order chi connectivity index (χ0) is 19.6. The highest BCUT2D eigenvalue weighted by Crippen LogP contribution is 2.20. The van der Waals surface area contributed by atoms with Gasteiger partial charge in [-0.05, 0) is 50.3 Å². The number of carbonyl (C=O) groups is 2. The molecular formula is C20H25N3O4. The summed E-state index contributed by atoms with van der Waals surface area (Å²) in [6.07, 6.45) is 4.13. The van der Waals surface area contributed by atoms with Crippen LogP contribution in [0.3, 0.4) is 0 Å². The average Bonchev–Trinajstić information content (AvgIpc) is 2.92. The Morgan fingerprint density at radius 2 is 1.89 bits per heavy atom. The molecule has 0 saturated heterocycles. The first-order chi connectivity index (χ1) is 12.7. The van der Waals surface area contributed by atoms with E-state index in [-0.39, 0.29) is 11.8 Å². The summed E-state index contributed by atoms with van der Waals surface area (Å²) in [5.41, 5.74) is 3.08. The van der Waals surface area contributed by atoms with Crippen molar-refractivity contribution in [1.82, 2.24) is 14.5 Å². The van der Waals surface area contributed by atoms with E-state index in [1.54, 1.807) is 9.47 Å². The Hall–Kier alpha value is -2.83. The van der Waals surface area contributed by atoms with Gasteiger partial charge in [-0.1, -0.05) is 18.2 Å². The second-order valence-electron chi connectivity index (χ2n) is 7.78. The number of carboxylic acids is 1. The molecule has 1 aliphatic rings. The first-order valence-electron chi connectivity index (χ1n) is 9.05. The predicted molar refractivity (Wildman–Crippen MR) is 99.9 cm³/mol. The Labute approximate surface area is 158 Å². The van der Waals surface area contributed by atoms with E-state index in [2.05, 4.69) is 17.1 Å². The lowest BCUT2D eigenvalue weighted by molar-refractivity contribution is 0.0258. The second-order valence-corrected chi connectivity index (χ2v) is 7.78. The van der Waals surface area contributed by atoms with Crippen molar-refractivity contribution in [2.24, 2.45) is 0 Å². The van der Waals surface area contributed by atoms with Crippen LogP contribution in [0.4, 0.5) is 4.79 Å². The van der Waals surface area contributed by atoms with Gasteiger partial charge in [-0.15, -0.1) is 0 Å². The third kappa shape index (κ3) is 4.67. The first kappa shape index (κ1) is 18.9. The molecule has 0 atom stereocenters. The monoisotopic (exact) mass is 371 g/mol. The second kappa shape index (κ2) is 7.42. The lowest BCUT2D eigenvalue weighted by atomic mass is 10.00. The van der Waals surface area contributed by atoms with Crippen molar-refractivity contribution in [1.29, 1.82) is 0 Å². The van der Waals surface area contributed by atoms with Crippen LogP contribution in [0.15, 0.2) is 30.7 Å². The van der Waals surface area contributed by atoms with Crippen LogP contribution in [-0.4, -0.2) is 50.3 Å². The van der Waals surface area contributed by atoms with Crippen molar-refractivity contribution in [3.05, 3.63) is 53.1 Å². The number of rotatable bonds is 3.